The lowest BCUT2D eigenvalue weighted by atomic mass is 10.1. The molecule has 0 spiro atoms. The number of aromatic nitrogens is 1. The van der Waals surface area contributed by atoms with Crippen LogP contribution in [-0.4, -0.2) is 33.4 Å². The summed E-state index contributed by atoms with van der Waals surface area (Å²) in [5, 5.41) is 1.96. The molecule has 0 atom stereocenters. The van der Waals surface area contributed by atoms with E-state index < -0.39 is 0 Å². The van der Waals surface area contributed by atoms with Gasteiger partial charge in [0, 0.05) is 29.0 Å². The van der Waals surface area contributed by atoms with Gasteiger partial charge in [0.1, 0.15) is 23.0 Å². The molecule has 3 aromatic rings. The second-order valence-electron chi connectivity index (χ2n) is 4.63. The fourth-order valence-corrected chi connectivity index (χ4v) is 2.58. The van der Waals surface area contributed by atoms with E-state index in [2.05, 4.69) is 4.98 Å². The molecule has 0 unspecified atom stereocenters. The van der Waals surface area contributed by atoms with Crippen LogP contribution in [0.2, 0.25) is 0 Å². The Balaban J connectivity index is 2.45. The number of H-pyrrole nitrogens is 1. The Morgan fingerprint density at radius 3 is 1.95 bits per heavy atom. The lowest BCUT2D eigenvalue weighted by Gasteiger charge is -2.07. The van der Waals surface area contributed by atoms with Crippen LogP contribution in [0.3, 0.4) is 0 Å². The molecule has 2 aromatic carbocycles. The van der Waals surface area contributed by atoms with Gasteiger partial charge in [0.05, 0.1) is 39.5 Å². The van der Waals surface area contributed by atoms with Gasteiger partial charge in [0.2, 0.25) is 0 Å². The van der Waals surface area contributed by atoms with Gasteiger partial charge in [-0.25, -0.2) is 0 Å². The number of methoxy groups -OCH3 is 4. The van der Waals surface area contributed by atoms with Gasteiger partial charge in [-0.15, -0.1) is 0 Å². The highest BCUT2D eigenvalue weighted by molar-refractivity contribution is 6.13. The lowest BCUT2D eigenvalue weighted by molar-refractivity contribution is 0.397. The van der Waals surface area contributed by atoms with E-state index in [9.17, 15) is 0 Å². The number of hydrogen-bond donors (Lipinski definition) is 1. The molecule has 0 aliphatic heterocycles. The minimum absolute atomic E-state index is 0.724. The fraction of sp³-hybridized carbons (Fsp3) is 0.250. The van der Waals surface area contributed by atoms with Gasteiger partial charge in [-0.05, 0) is 6.07 Å². The summed E-state index contributed by atoms with van der Waals surface area (Å²) < 4.78 is 21.6. The first-order valence-electron chi connectivity index (χ1n) is 6.51. The number of aromatic amines is 1. The minimum Gasteiger partial charge on any atom is -0.497 e. The Kier molecular flexibility index (Phi) is 3.25. The van der Waals surface area contributed by atoms with Crippen LogP contribution in [-0.2, 0) is 0 Å². The Bertz CT molecular complexity index is 807. The number of rotatable bonds is 4. The molecule has 0 amide bonds. The molecule has 0 radical (unpaired) electrons. The van der Waals surface area contributed by atoms with E-state index in [1.807, 2.05) is 24.3 Å². The van der Waals surface area contributed by atoms with E-state index >= 15 is 0 Å². The van der Waals surface area contributed by atoms with Crippen molar-refractivity contribution in [2.24, 2.45) is 0 Å². The highest BCUT2D eigenvalue weighted by atomic mass is 16.5. The maximum absolute atomic E-state index is 5.50. The van der Waals surface area contributed by atoms with Crippen LogP contribution in [0.15, 0.2) is 24.3 Å². The third kappa shape index (κ3) is 2.01. The van der Waals surface area contributed by atoms with Crippen molar-refractivity contribution in [1.82, 2.24) is 4.98 Å². The highest BCUT2D eigenvalue weighted by Crippen LogP contribution is 2.41. The van der Waals surface area contributed by atoms with Crippen molar-refractivity contribution in [2.45, 2.75) is 0 Å². The van der Waals surface area contributed by atoms with E-state index in [-0.39, 0.29) is 0 Å². The normalized spacial score (nSPS) is 10.9. The molecule has 1 heterocycles. The van der Waals surface area contributed by atoms with Crippen molar-refractivity contribution in [2.75, 3.05) is 28.4 Å². The second-order valence-corrected chi connectivity index (χ2v) is 4.63. The van der Waals surface area contributed by atoms with Gasteiger partial charge in [-0.2, -0.15) is 0 Å². The van der Waals surface area contributed by atoms with Crippen LogP contribution in [0.1, 0.15) is 0 Å². The SMILES string of the molecule is COc1cc(OC)c2c(c1)[nH]c1c(OC)cc(OC)cc12. The molecule has 0 saturated heterocycles. The van der Waals surface area contributed by atoms with Gasteiger partial charge in [-0.3, -0.25) is 0 Å². The summed E-state index contributed by atoms with van der Waals surface area (Å²) in [5.41, 5.74) is 1.83. The Hall–Kier alpha value is -2.56. The molecule has 5 nitrogen and oxygen atoms in total. The van der Waals surface area contributed by atoms with Crippen molar-refractivity contribution >= 4 is 21.8 Å². The number of fused-ring (bicyclic) bond motifs is 3. The smallest absolute Gasteiger partial charge is 0.146 e. The number of benzene rings is 2. The average molecular weight is 287 g/mol. The molecule has 0 aliphatic rings. The molecule has 21 heavy (non-hydrogen) atoms. The van der Waals surface area contributed by atoms with Gasteiger partial charge in [0.15, 0.2) is 0 Å². The highest BCUT2D eigenvalue weighted by Gasteiger charge is 2.16. The third-order valence-corrected chi connectivity index (χ3v) is 3.59. The zero-order chi connectivity index (χ0) is 15.0. The van der Waals surface area contributed by atoms with E-state index in [1.54, 1.807) is 28.4 Å². The molecule has 1 N–H and O–H groups in total. The first-order chi connectivity index (χ1) is 10.2. The molecule has 5 heteroatoms. The molecular formula is C16H17NO4. The Morgan fingerprint density at radius 2 is 1.33 bits per heavy atom. The molecule has 0 bridgehead atoms. The molecule has 0 saturated carbocycles. The second kappa shape index (κ2) is 5.09. The first kappa shape index (κ1) is 13.4. The van der Waals surface area contributed by atoms with Crippen LogP contribution < -0.4 is 18.9 Å². The van der Waals surface area contributed by atoms with E-state index in [4.69, 9.17) is 18.9 Å². The molecule has 0 aliphatic carbocycles. The first-order valence-corrected chi connectivity index (χ1v) is 6.51. The Morgan fingerprint density at radius 1 is 0.714 bits per heavy atom. The summed E-state index contributed by atoms with van der Waals surface area (Å²) in [4.78, 5) is 3.36. The summed E-state index contributed by atoms with van der Waals surface area (Å²) in [5.74, 6) is 2.93. The van der Waals surface area contributed by atoms with Crippen molar-refractivity contribution in [3.63, 3.8) is 0 Å². The molecule has 3 rings (SSSR count). The monoisotopic (exact) mass is 287 g/mol. The van der Waals surface area contributed by atoms with Gasteiger partial charge >= 0.3 is 0 Å². The van der Waals surface area contributed by atoms with Gasteiger partial charge in [-0.1, -0.05) is 0 Å². The topological polar surface area (TPSA) is 52.7 Å². The van der Waals surface area contributed by atoms with Crippen LogP contribution in [0.4, 0.5) is 0 Å². The average Bonchev–Trinajstić information content (AvgIpc) is 2.91. The summed E-state index contributed by atoms with van der Waals surface area (Å²) in [6.07, 6.45) is 0. The maximum Gasteiger partial charge on any atom is 0.146 e. The predicted molar refractivity (Wildman–Crippen MR) is 82.0 cm³/mol. The van der Waals surface area contributed by atoms with Crippen LogP contribution >= 0.6 is 0 Å². The van der Waals surface area contributed by atoms with Crippen molar-refractivity contribution in [1.29, 1.82) is 0 Å². The molecule has 110 valence electrons. The van der Waals surface area contributed by atoms with Crippen molar-refractivity contribution < 1.29 is 18.9 Å². The number of hydrogen-bond acceptors (Lipinski definition) is 4. The van der Waals surface area contributed by atoms with E-state index in [0.717, 1.165) is 44.8 Å². The zero-order valence-corrected chi connectivity index (χ0v) is 12.4. The standard InChI is InChI=1S/C16H17NO4/c1-18-9-5-11-15-12(17-16(11)14(8-9)21-4)6-10(19-2)7-13(15)20-3/h5-8,17H,1-4H3. The van der Waals surface area contributed by atoms with Crippen molar-refractivity contribution in [3.8, 4) is 23.0 Å². The third-order valence-electron chi connectivity index (χ3n) is 3.59. The van der Waals surface area contributed by atoms with E-state index in [0.29, 0.717) is 0 Å². The van der Waals surface area contributed by atoms with E-state index in [1.165, 1.54) is 0 Å². The van der Waals surface area contributed by atoms with Crippen molar-refractivity contribution in [3.05, 3.63) is 24.3 Å². The number of nitrogens with one attached hydrogen (secondary N) is 1. The minimum atomic E-state index is 0.724. The maximum atomic E-state index is 5.50. The molecular weight excluding hydrogens is 270 g/mol. The summed E-state index contributed by atoms with van der Waals surface area (Å²) >= 11 is 0. The van der Waals surface area contributed by atoms with Gasteiger partial charge in [0.25, 0.3) is 0 Å². The molecule has 1 aromatic heterocycles. The van der Waals surface area contributed by atoms with Crippen LogP contribution in [0.5, 0.6) is 23.0 Å². The summed E-state index contributed by atoms with van der Waals surface area (Å²) in [6.45, 7) is 0. The van der Waals surface area contributed by atoms with Crippen LogP contribution in [0.25, 0.3) is 21.8 Å². The largest absolute Gasteiger partial charge is 0.497 e. The number of ether oxygens (including phenoxy) is 4. The Labute approximate surface area is 122 Å². The molecule has 0 fully saturated rings. The lowest BCUT2D eigenvalue weighted by Crippen LogP contribution is -1.88. The zero-order valence-electron chi connectivity index (χ0n) is 12.4. The summed E-state index contributed by atoms with van der Waals surface area (Å²) in [6, 6.07) is 7.61. The quantitative estimate of drug-likeness (QED) is 0.799. The van der Waals surface area contributed by atoms with Crippen LogP contribution in [0, 0.1) is 0 Å². The summed E-state index contributed by atoms with van der Waals surface area (Å²) in [7, 11) is 6.55. The fourth-order valence-electron chi connectivity index (χ4n) is 2.58. The van der Waals surface area contributed by atoms with Gasteiger partial charge < -0.3 is 23.9 Å². The predicted octanol–water partition coefficient (Wildman–Crippen LogP) is 3.36.